The van der Waals surface area contributed by atoms with Gasteiger partial charge in [0.1, 0.15) is 22.8 Å². The molecule has 2 aromatic heterocycles. The van der Waals surface area contributed by atoms with Crippen molar-refractivity contribution in [2.45, 2.75) is 128 Å². The first-order valence-corrected chi connectivity index (χ1v) is 21.3. The molecule has 0 bridgehead atoms. The van der Waals surface area contributed by atoms with E-state index in [1.54, 1.807) is 26.2 Å². The van der Waals surface area contributed by atoms with E-state index in [2.05, 4.69) is 16.4 Å². The van der Waals surface area contributed by atoms with Gasteiger partial charge in [-0.05, 0) is 109 Å². The number of fused-ring (bicyclic) bond motifs is 10. The number of aryl methyl sites for hydroxylation is 2. The summed E-state index contributed by atoms with van der Waals surface area (Å²) in [7, 11) is 0. The highest BCUT2D eigenvalue weighted by Gasteiger charge is 2.39. The van der Waals surface area contributed by atoms with Gasteiger partial charge in [0.15, 0.2) is 0 Å². The molecular weight excluding hydrogens is 747 g/mol. The van der Waals surface area contributed by atoms with Crippen molar-refractivity contribution in [1.82, 2.24) is 9.13 Å². The van der Waals surface area contributed by atoms with Crippen molar-refractivity contribution >= 4 is 45.1 Å². The van der Waals surface area contributed by atoms with E-state index in [0.717, 1.165) is 92.9 Å². The second-order valence-corrected chi connectivity index (χ2v) is 17.3. The van der Waals surface area contributed by atoms with Crippen molar-refractivity contribution in [2.24, 2.45) is 5.92 Å². The Morgan fingerprint density at radius 2 is 1.14 bits per heavy atom. The molecule has 58 heavy (non-hydrogen) atoms. The summed E-state index contributed by atoms with van der Waals surface area (Å²) in [5, 5.41) is 10.7. The number of hydrogen-bond donors (Lipinski definition) is 1. The maximum absolute atomic E-state index is 15.5. The quantitative estimate of drug-likeness (QED) is 0.203. The van der Waals surface area contributed by atoms with Gasteiger partial charge in [-0.2, -0.15) is 0 Å². The number of aliphatic hydroxyl groups excluding tert-OH is 1. The molecule has 0 amide bonds. The Labute approximate surface area is 335 Å². The number of carbonyl (C=O) groups is 2. The van der Waals surface area contributed by atoms with Crippen LogP contribution in [0.4, 0.5) is 20.2 Å². The van der Waals surface area contributed by atoms with Crippen LogP contribution in [0.2, 0.25) is 0 Å². The molecule has 4 aromatic rings. The van der Waals surface area contributed by atoms with Crippen LogP contribution in [0, 0.1) is 17.6 Å². The summed E-state index contributed by atoms with van der Waals surface area (Å²) in [6.07, 6.45) is 13.7. The molecule has 1 N–H and O–H groups in total. The third-order valence-electron chi connectivity index (χ3n) is 13.1. The summed E-state index contributed by atoms with van der Waals surface area (Å²) in [6, 6.07) is 3.62. The predicted molar refractivity (Wildman–Crippen MR) is 217 cm³/mol. The highest BCUT2D eigenvalue weighted by atomic mass is 19.1. The van der Waals surface area contributed by atoms with E-state index >= 15 is 8.78 Å². The lowest BCUT2D eigenvalue weighted by molar-refractivity contribution is 0.0514. The molecule has 2 aromatic carbocycles. The number of ether oxygens (including phenoxy) is 2. The monoisotopic (exact) mass is 798 g/mol. The second kappa shape index (κ2) is 15.1. The summed E-state index contributed by atoms with van der Waals surface area (Å²) in [5.41, 5.74) is 3.61. The van der Waals surface area contributed by atoms with Gasteiger partial charge in [0, 0.05) is 71.5 Å². The molecule has 6 heterocycles. The van der Waals surface area contributed by atoms with Crippen LogP contribution in [0.3, 0.4) is 0 Å². The van der Waals surface area contributed by atoms with Crippen molar-refractivity contribution in [3.05, 3.63) is 78.9 Å². The molecule has 2 saturated heterocycles. The molecule has 4 atom stereocenters. The third-order valence-corrected chi connectivity index (χ3v) is 13.1. The normalized spacial score (nSPS) is 23.6. The smallest absolute Gasteiger partial charge is 0.343 e. The first-order chi connectivity index (χ1) is 28.0. The number of anilines is 2. The van der Waals surface area contributed by atoms with Crippen LogP contribution in [0.25, 0.3) is 21.8 Å². The zero-order valence-corrected chi connectivity index (χ0v) is 33.5. The van der Waals surface area contributed by atoms with Gasteiger partial charge in [0.25, 0.3) is 0 Å². The fraction of sp³-hybridized carbons (Fsp3) is 0.556. The molecule has 6 aliphatic rings. The van der Waals surface area contributed by atoms with Crippen LogP contribution in [-0.2, 0) is 22.3 Å². The Bertz CT molecular complexity index is 2290. The Morgan fingerprint density at radius 1 is 0.690 bits per heavy atom. The highest BCUT2D eigenvalue weighted by molar-refractivity contribution is 5.97. The molecule has 11 nitrogen and oxygen atoms in total. The number of aliphatic hydroxyl groups is 1. The molecule has 4 fully saturated rings. The standard InChI is InChI=1S/C23H27FN2O3.C22H25FN2O4/c1-3-29-23(28)18-12-26(14-7-8-14)20-16-6-4-5-15-9-13(2)11-25(15)21(16)19(24)10-17(20)22(18)27;1-2-29-22(28)17-11-25(12-6-7-12)19-15-5-3-4-13-8-14(26)10-24(13)20(15)18(23)9-16(19)21(17)27/h10,12-15H,3-9,11H2,1-2H3;9,11-14,26H,2-8,10H2,1H3/t13-,15-;13-,14-/m11/s1. The minimum absolute atomic E-state index is 0.00638. The summed E-state index contributed by atoms with van der Waals surface area (Å²) in [6.45, 7) is 7.27. The maximum Gasteiger partial charge on any atom is 0.343 e. The average molecular weight is 799 g/mol. The van der Waals surface area contributed by atoms with E-state index in [9.17, 15) is 24.3 Å². The summed E-state index contributed by atoms with van der Waals surface area (Å²) in [5.74, 6) is -1.54. The number of halogens is 2. The minimum Gasteiger partial charge on any atom is -0.462 e. The number of aromatic nitrogens is 2. The predicted octanol–water partition coefficient (Wildman–Crippen LogP) is 7.13. The van der Waals surface area contributed by atoms with Gasteiger partial charge in [-0.25, -0.2) is 18.4 Å². The zero-order chi connectivity index (χ0) is 40.6. The number of esters is 2. The number of benzene rings is 2. The molecule has 10 rings (SSSR count). The molecule has 308 valence electrons. The molecular formula is C45H52F2N4O7. The van der Waals surface area contributed by atoms with Crippen molar-refractivity contribution in [2.75, 3.05) is 36.1 Å². The van der Waals surface area contributed by atoms with Crippen LogP contribution in [0.15, 0.2) is 34.1 Å². The molecule has 4 aliphatic heterocycles. The van der Waals surface area contributed by atoms with Crippen LogP contribution >= 0.6 is 0 Å². The maximum atomic E-state index is 15.5. The number of carbonyl (C=O) groups excluding carboxylic acids is 2. The molecule has 2 saturated carbocycles. The summed E-state index contributed by atoms with van der Waals surface area (Å²) in [4.78, 5) is 55.2. The van der Waals surface area contributed by atoms with Gasteiger partial charge >= 0.3 is 11.9 Å². The summed E-state index contributed by atoms with van der Waals surface area (Å²) < 4.78 is 45.0. The van der Waals surface area contributed by atoms with E-state index in [0.29, 0.717) is 48.1 Å². The number of rotatable bonds is 6. The van der Waals surface area contributed by atoms with Gasteiger partial charge < -0.3 is 33.5 Å². The largest absolute Gasteiger partial charge is 0.462 e. The second-order valence-electron chi connectivity index (χ2n) is 17.3. The minimum atomic E-state index is -0.660. The molecule has 2 aliphatic carbocycles. The highest BCUT2D eigenvalue weighted by Crippen LogP contribution is 2.46. The number of pyridine rings is 2. The van der Waals surface area contributed by atoms with Crippen LogP contribution in [0.5, 0.6) is 0 Å². The lowest BCUT2D eigenvalue weighted by atomic mass is 9.99. The molecule has 13 heteroatoms. The lowest BCUT2D eigenvalue weighted by Gasteiger charge is -2.28. The van der Waals surface area contributed by atoms with Crippen molar-refractivity contribution in [3.8, 4) is 0 Å². The van der Waals surface area contributed by atoms with Crippen LogP contribution < -0.4 is 20.7 Å². The van der Waals surface area contributed by atoms with E-state index in [1.165, 1.54) is 12.1 Å². The molecule has 0 spiro atoms. The van der Waals surface area contributed by atoms with Crippen molar-refractivity contribution in [3.63, 3.8) is 0 Å². The van der Waals surface area contributed by atoms with Gasteiger partial charge in [0.05, 0.1) is 41.7 Å². The topological polar surface area (TPSA) is 123 Å². The first-order valence-electron chi connectivity index (χ1n) is 21.3. The average Bonchev–Trinajstić information content (AvgIpc) is 4.12. The Kier molecular flexibility index (Phi) is 10.1. The third kappa shape index (κ3) is 6.66. The Morgan fingerprint density at radius 3 is 1.59 bits per heavy atom. The SMILES string of the molecule is CCOC(=O)c1cn(C2CC2)c2c3c(c(F)cc2c1=O)N1C[C@H](C)C[C@H]1CCC3.CCOC(=O)c1cn(C2CC2)c2c3c(c(F)cc2c1=O)N1C[C@H](O)C[C@H]1CCC3. The van der Waals surface area contributed by atoms with Gasteiger partial charge in [-0.3, -0.25) is 9.59 Å². The van der Waals surface area contributed by atoms with E-state index < -0.39 is 34.7 Å². The lowest BCUT2D eigenvalue weighted by Crippen LogP contribution is -2.30. The Balaban J connectivity index is 0.000000150. The van der Waals surface area contributed by atoms with E-state index in [1.807, 2.05) is 9.47 Å². The zero-order valence-electron chi connectivity index (χ0n) is 33.5. The van der Waals surface area contributed by atoms with E-state index in [4.69, 9.17) is 9.47 Å². The molecule has 0 radical (unpaired) electrons. The Hall–Kier alpha value is -4.78. The number of nitrogens with zero attached hydrogens (tertiary/aromatic N) is 4. The van der Waals surface area contributed by atoms with Crippen molar-refractivity contribution in [1.29, 1.82) is 0 Å². The van der Waals surface area contributed by atoms with Gasteiger partial charge in [-0.15, -0.1) is 0 Å². The van der Waals surface area contributed by atoms with Crippen molar-refractivity contribution < 1.29 is 33.0 Å². The van der Waals surface area contributed by atoms with Gasteiger partial charge in [0.2, 0.25) is 10.9 Å². The van der Waals surface area contributed by atoms with Crippen LogP contribution in [0.1, 0.15) is 129 Å². The number of hydrogen-bond acceptors (Lipinski definition) is 9. The fourth-order valence-corrected chi connectivity index (χ4v) is 10.4. The summed E-state index contributed by atoms with van der Waals surface area (Å²) >= 11 is 0. The first kappa shape index (κ1) is 38.7. The van der Waals surface area contributed by atoms with E-state index in [-0.39, 0.29) is 53.7 Å². The van der Waals surface area contributed by atoms with Gasteiger partial charge in [-0.1, -0.05) is 6.92 Å². The fourth-order valence-electron chi connectivity index (χ4n) is 10.4. The molecule has 0 unspecified atom stereocenters. The van der Waals surface area contributed by atoms with Crippen LogP contribution in [-0.4, -0.2) is 70.7 Å².